The Bertz CT molecular complexity index is 610. The molecule has 3 atom stereocenters. The van der Waals surface area contributed by atoms with Crippen LogP contribution >= 0.6 is 11.8 Å². The number of benzene rings is 1. The highest BCUT2D eigenvalue weighted by atomic mass is 32.2. The van der Waals surface area contributed by atoms with Crippen molar-refractivity contribution in [1.29, 1.82) is 0 Å². The van der Waals surface area contributed by atoms with Crippen LogP contribution in [0.25, 0.3) is 5.53 Å². The number of hydrogen-bond donors (Lipinski definition) is 0. The minimum absolute atomic E-state index is 0.104. The van der Waals surface area contributed by atoms with Crippen molar-refractivity contribution in [2.24, 2.45) is 5.92 Å². The van der Waals surface area contributed by atoms with Crippen LogP contribution in [0.1, 0.15) is 37.7 Å². The molecule has 1 saturated carbocycles. The van der Waals surface area contributed by atoms with Crippen molar-refractivity contribution in [2.45, 2.75) is 55.0 Å². The molecule has 0 bridgehead atoms. The quantitative estimate of drug-likeness (QED) is 0.473. The summed E-state index contributed by atoms with van der Waals surface area (Å²) in [5.41, 5.74) is 9.53. The van der Waals surface area contributed by atoms with Crippen LogP contribution < -0.4 is 0 Å². The van der Waals surface area contributed by atoms with Gasteiger partial charge in [0.1, 0.15) is 5.44 Å². The number of ether oxygens (including phenoxy) is 1. The Hall–Kier alpha value is -1.42. The fourth-order valence-electron chi connectivity index (χ4n) is 3.66. The molecule has 0 radical (unpaired) electrons. The lowest BCUT2D eigenvalue weighted by Crippen LogP contribution is -2.34. The molecule has 1 aromatic carbocycles. The lowest BCUT2D eigenvalue weighted by Gasteiger charge is -2.27. The van der Waals surface area contributed by atoms with Crippen molar-refractivity contribution < 1.29 is 14.3 Å². The summed E-state index contributed by atoms with van der Waals surface area (Å²) in [6.07, 6.45) is 5.46. The van der Waals surface area contributed by atoms with E-state index < -0.39 is 0 Å². The molecule has 1 saturated heterocycles. The van der Waals surface area contributed by atoms with Crippen LogP contribution in [-0.4, -0.2) is 27.8 Å². The van der Waals surface area contributed by atoms with E-state index in [0.29, 0.717) is 12.3 Å². The van der Waals surface area contributed by atoms with E-state index in [1.165, 1.54) is 10.5 Å². The molecule has 0 aromatic heterocycles. The summed E-state index contributed by atoms with van der Waals surface area (Å²) in [4.78, 5) is 15.9. The van der Waals surface area contributed by atoms with Crippen LogP contribution in [0.2, 0.25) is 0 Å². The molecule has 1 aromatic rings. The molecule has 1 heterocycles. The minimum Gasteiger partial charge on any atom is -0.361 e. The summed E-state index contributed by atoms with van der Waals surface area (Å²) in [5, 5.41) is 0. The lowest BCUT2D eigenvalue weighted by molar-refractivity contribution is -0.122. The van der Waals surface area contributed by atoms with E-state index in [0.717, 1.165) is 31.9 Å². The number of thioether (sulfide) groups is 1. The Morgan fingerprint density at radius 3 is 3.00 bits per heavy atom. The number of Topliss-reactive ketones (excluding diaryl/α,β-unsaturated/α-hetero) is 1. The number of rotatable bonds is 5. The van der Waals surface area contributed by atoms with Crippen LogP contribution in [0.3, 0.4) is 0 Å². The fraction of sp³-hybridized carbons (Fsp3) is 0.529. The van der Waals surface area contributed by atoms with Crippen LogP contribution in [0.4, 0.5) is 0 Å². The third kappa shape index (κ3) is 3.17. The molecule has 1 aliphatic carbocycles. The summed E-state index contributed by atoms with van der Waals surface area (Å²) in [5.74, 6) is 0.280. The maximum absolute atomic E-state index is 11.8. The van der Waals surface area contributed by atoms with Crippen molar-refractivity contribution >= 4 is 23.8 Å². The van der Waals surface area contributed by atoms with Crippen LogP contribution in [0.5, 0.6) is 0 Å². The normalized spacial score (nSPS) is 29.9. The highest BCUT2D eigenvalue weighted by Crippen LogP contribution is 2.52. The Kier molecular flexibility index (Phi) is 4.48. The van der Waals surface area contributed by atoms with Crippen molar-refractivity contribution in [3.8, 4) is 0 Å². The topological polar surface area (TPSA) is 62.7 Å². The average Bonchev–Trinajstić information content (AvgIpc) is 2.97. The first-order chi connectivity index (χ1) is 10.6. The molecule has 22 heavy (non-hydrogen) atoms. The molecule has 0 unspecified atom stereocenters. The Morgan fingerprint density at radius 2 is 2.27 bits per heavy atom. The van der Waals surface area contributed by atoms with E-state index in [-0.39, 0.29) is 16.8 Å². The van der Waals surface area contributed by atoms with Gasteiger partial charge in [-0.1, -0.05) is 35.9 Å². The highest BCUT2D eigenvalue weighted by molar-refractivity contribution is 7.99. The monoisotopic (exact) mass is 316 g/mol. The lowest BCUT2D eigenvalue weighted by atomic mass is 9.86. The van der Waals surface area contributed by atoms with Crippen LogP contribution in [0.15, 0.2) is 29.2 Å². The van der Waals surface area contributed by atoms with Gasteiger partial charge in [-0.15, -0.1) is 0 Å². The van der Waals surface area contributed by atoms with Gasteiger partial charge in [0, 0.05) is 11.3 Å². The first-order valence-corrected chi connectivity index (χ1v) is 8.61. The van der Waals surface area contributed by atoms with Gasteiger partial charge in [-0.05, 0) is 44.2 Å². The van der Waals surface area contributed by atoms with Crippen LogP contribution in [0, 0.1) is 12.8 Å². The number of nitrogens with zero attached hydrogens (tertiary/aromatic N) is 2. The standard InChI is InChI=1S/C17H20N2O2S/c1-12-4-6-15(7-5-12)22-16-9-13-3-2-8-17(13,21-16)10-14(20)11-19-18/h4-7,11,13,16H,2-3,8-10H2,1H3/t13-,16-,17+/m1/s1. The second-order valence-corrected chi connectivity index (χ2v) is 7.49. The smallest absolute Gasteiger partial charge is 0.323 e. The van der Waals surface area contributed by atoms with Gasteiger partial charge in [-0.2, -0.15) is 4.79 Å². The largest absolute Gasteiger partial charge is 0.361 e. The Morgan fingerprint density at radius 1 is 1.50 bits per heavy atom. The second-order valence-electron chi connectivity index (χ2n) is 6.26. The Labute approximate surface area is 134 Å². The molecule has 0 N–H and O–H groups in total. The Balaban J connectivity index is 1.69. The van der Waals surface area contributed by atoms with Crippen molar-refractivity contribution in [3.05, 3.63) is 35.4 Å². The van der Waals surface area contributed by atoms with Gasteiger partial charge < -0.3 is 10.3 Å². The molecule has 4 nitrogen and oxygen atoms in total. The van der Waals surface area contributed by atoms with E-state index >= 15 is 0 Å². The molecule has 1 aliphatic heterocycles. The molecular formula is C17H20N2O2S. The van der Waals surface area contributed by atoms with Gasteiger partial charge >= 0.3 is 6.21 Å². The SMILES string of the molecule is Cc1ccc(S[C@@H]2C[C@H]3CCC[C@@]3(CC(=O)C=[N+]=[N-])O2)cc1. The van der Waals surface area contributed by atoms with Gasteiger partial charge in [0.2, 0.25) is 5.78 Å². The minimum atomic E-state index is -0.347. The van der Waals surface area contributed by atoms with E-state index in [9.17, 15) is 4.79 Å². The molecule has 3 rings (SSSR count). The third-order valence-corrected chi connectivity index (χ3v) is 5.80. The van der Waals surface area contributed by atoms with E-state index in [4.69, 9.17) is 10.3 Å². The third-order valence-electron chi connectivity index (χ3n) is 4.70. The molecule has 2 aliphatic rings. The molecule has 5 heteroatoms. The maximum atomic E-state index is 11.8. The van der Waals surface area contributed by atoms with Crippen molar-refractivity contribution in [1.82, 2.24) is 0 Å². The first kappa shape index (κ1) is 15.5. The molecule has 0 amide bonds. The van der Waals surface area contributed by atoms with E-state index in [2.05, 4.69) is 36.0 Å². The number of carbonyl (C=O) groups is 1. The molecule has 0 spiro atoms. The van der Waals surface area contributed by atoms with E-state index in [1.807, 2.05) is 0 Å². The van der Waals surface area contributed by atoms with Gasteiger partial charge in [-0.25, -0.2) is 0 Å². The number of hydrogen-bond acceptors (Lipinski definition) is 3. The predicted molar refractivity (Wildman–Crippen MR) is 85.9 cm³/mol. The summed E-state index contributed by atoms with van der Waals surface area (Å²) in [6.45, 7) is 2.08. The van der Waals surface area contributed by atoms with Gasteiger partial charge in [0.25, 0.3) is 0 Å². The van der Waals surface area contributed by atoms with Gasteiger partial charge in [-0.3, -0.25) is 4.79 Å². The zero-order valence-electron chi connectivity index (χ0n) is 12.7. The number of fused-ring (bicyclic) bond motifs is 1. The zero-order chi connectivity index (χ0) is 15.6. The summed E-state index contributed by atoms with van der Waals surface area (Å²) >= 11 is 1.74. The zero-order valence-corrected chi connectivity index (χ0v) is 13.5. The maximum Gasteiger partial charge on any atom is 0.323 e. The molecule has 2 fully saturated rings. The number of aryl methyl sites for hydroxylation is 1. The fourth-order valence-corrected chi connectivity index (χ4v) is 4.83. The second kappa shape index (κ2) is 6.37. The average molecular weight is 316 g/mol. The number of ketones is 1. The van der Waals surface area contributed by atoms with Gasteiger partial charge in [0.15, 0.2) is 0 Å². The number of carbonyl (C=O) groups excluding carboxylic acids is 1. The first-order valence-electron chi connectivity index (χ1n) is 7.73. The summed E-state index contributed by atoms with van der Waals surface area (Å²) in [6, 6.07) is 8.45. The highest BCUT2D eigenvalue weighted by Gasteiger charge is 2.52. The summed E-state index contributed by atoms with van der Waals surface area (Å²) in [7, 11) is 0. The predicted octanol–water partition coefficient (Wildman–Crippen LogP) is 3.63. The molecule has 116 valence electrons. The van der Waals surface area contributed by atoms with Gasteiger partial charge in [0.05, 0.1) is 5.60 Å². The summed E-state index contributed by atoms with van der Waals surface area (Å²) < 4.78 is 6.32. The van der Waals surface area contributed by atoms with Crippen molar-refractivity contribution in [3.63, 3.8) is 0 Å². The molecular weight excluding hydrogens is 296 g/mol. The van der Waals surface area contributed by atoms with Crippen molar-refractivity contribution in [2.75, 3.05) is 0 Å². The van der Waals surface area contributed by atoms with E-state index in [1.54, 1.807) is 11.8 Å². The van der Waals surface area contributed by atoms with Crippen LogP contribution in [-0.2, 0) is 9.53 Å².